The molecule has 0 fully saturated rings. The van der Waals surface area contributed by atoms with Crippen molar-refractivity contribution >= 4 is 9.84 Å². The van der Waals surface area contributed by atoms with E-state index >= 15 is 0 Å². The van der Waals surface area contributed by atoms with Crippen LogP contribution in [0.2, 0.25) is 0 Å². The number of aromatic nitrogens is 1. The number of halogens is 3. The summed E-state index contributed by atoms with van der Waals surface area (Å²) in [5.74, 6) is -0.276. The highest BCUT2D eigenvalue weighted by Gasteiger charge is 2.27. The van der Waals surface area contributed by atoms with Gasteiger partial charge >= 0.3 is 6.18 Å². The fourth-order valence-electron chi connectivity index (χ4n) is 2.47. The molecule has 2 N–H and O–H groups in total. The van der Waals surface area contributed by atoms with E-state index in [0.29, 0.717) is 11.1 Å². The van der Waals surface area contributed by atoms with Gasteiger partial charge in [0.15, 0.2) is 9.84 Å². The Morgan fingerprint density at radius 1 is 1.06 bits per heavy atom. The van der Waals surface area contributed by atoms with Crippen LogP contribution in [0.15, 0.2) is 35.2 Å². The summed E-state index contributed by atoms with van der Waals surface area (Å²) in [6.07, 6.45) is -4.55. The predicted molar refractivity (Wildman–Crippen MR) is 107 cm³/mol. The molecule has 0 aliphatic rings. The Morgan fingerprint density at radius 3 is 2.16 bits per heavy atom. The number of alkyl halides is 3. The Balaban J connectivity index is 2.47. The first-order chi connectivity index (χ1) is 14.2. The summed E-state index contributed by atoms with van der Waals surface area (Å²) in [6.45, 7) is 1.55. The molecule has 2 rings (SSSR count). The predicted octanol–water partition coefficient (Wildman–Crippen LogP) is 3.13. The molecule has 0 amide bonds. The van der Waals surface area contributed by atoms with E-state index in [2.05, 4.69) is 4.98 Å². The van der Waals surface area contributed by atoms with Crippen LogP contribution < -0.4 is 9.47 Å². The Morgan fingerprint density at radius 2 is 1.68 bits per heavy atom. The number of pyridine rings is 1. The molecular weight excluding hydrogens is 439 g/mol. The number of hydrogen-bond donors (Lipinski definition) is 2. The van der Waals surface area contributed by atoms with Crippen LogP contribution in [0.3, 0.4) is 0 Å². The molecule has 0 unspecified atom stereocenters. The molecule has 1 aromatic carbocycles. The topological polar surface area (TPSA) is 106 Å². The third-order valence-corrected chi connectivity index (χ3v) is 5.11. The highest BCUT2D eigenvalue weighted by atomic mass is 32.2. The number of ether oxygens (including phenoxy) is 2. The van der Waals surface area contributed by atoms with Gasteiger partial charge in [0.2, 0.25) is 11.8 Å². The normalized spacial score (nSPS) is 12.6. The molecule has 1 aromatic heterocycles. The zero-order valence-corrected chi connectivity index (χ0v) is 18.0. The first kappa shape index (κ1) is 24.9. The van der Waals surface area contributed by atoms with E-state index in [1.165, 1.54) is 44.2 Å². The molecule has 0 saturated heterocycles. The van der Waals surface area contributed by atoms with Gasteiger partial charge in [-0.25, -0.2) is 8.42 Å². The van der Waals surface area contributed by atoms with Crippen molar-refractivity contribution in [2.75, 3.05) is 19.5 Å². The third kappa shape index (κ3) is 7.67. The highest BCUT2D eigenvalue weighted by molar-refractivity contribution is 7.90. The quantitative estimate of drug-likeness (QED) is 0.589. The van der Waals surface area contributed by atoms with Crippen LogP contribution in [0.1, 0.15) is 25.8 Å². The molecule has 1 heterocycles. The van der Waals surface area contributed by atoms with Crippen LogP contribution in [-0.2, 0) is 16.4 Å². The van der Waals surface area contributed by atoms with Gasteiger partial charge < -0.3 is 19.7 Å². The molecular formula is C20H24F3NO6S. The average Bonchev–Trinajstić information content (AvgIpc) is 2.64. The Kier molecular flexibility index (Phi) is 7.56. The van der Waals surface area contributed by atoms with Crippen LogP contribution in [0.25, 0.3) is 11.1 Å². The number of aliphatic hydroxyl groups is 2. The second-order valence-electron chi connectivity index (χ2n) is 7.57. The van der Waals surface area contributed by atoms with Crippen LogP contribution in [0.5, 0.6) is 11.8 Å². The van der Waals surface area contributed by atoms with Crippen molar-refractivity contribution in [1.29, 1.82) is 0 Å². The van der Waals surface area contributed by atoms with E-state index in [1.807, 2.05) is 0 Å². The summed E-state index contributed by atoms with van der Waals surface area (Å²) in [6, 6.07) is 7.23. The molecule has 11 heteroatoms. The van der Waals surface area contributed by atoms with E-state index in [-0.39, 0.29) is 28.8 Å². The van der Waals surface area contributed by atoms with Crippen molar-refractivity contribution in [2.45, 2.75) is 43.5 Å². The molecule has 0 atom stereocenters. The van der Waals surface area contributed by atoms with E-state index in [1.54, 1.807) is 0 Å². The fraction of sp³-hybridized carbons (Fsp3) is 0.450. The maximum atomic E-state index is 12.4. The average molecular weight is 463 g/mol. The number of benzene rings is 1. The molecule has 0 aliphatic carbocycles. The molecule has 0 bridgehead atoms. The fourth-order valence-corrected chi connectivity index (χ4v) is 3.10. The summed E-state index contributed by atoms with van der Waals surface area (Å²) >= 11 is 0. The number of hydrogen-bond acceptors (Lipinski definition) is 7. The van der Waals surface area contributed by atoms with Crippen molar-refractivity contribution in [2.24, 2.45) is 0 Å². The van der Waals surface area contributed by atoms with Gasteiger partial charge in [0.25, 0.3) is 0 Å². The Hall–Kier alpha value is -2.37. The summed E-state index contributed by atoms with van der Waals surface area (Å²) in [5.41, 5.74) is -0.273. The minimum absolute atomic E-state index is 0.0477. The zero-order chi connectivity index (χ0) is 23.4. The Bertz CT molecular complexity index is 999. The molecule has 0 radical (unpaired) electrons. The van der Waals surface area contributed by atoms with Gasteiger partial charge in [-0.2, -0.15) is 18.2 Å². The van der Waals surface area contributed by atoms with Crippen molar-refractivity contribution in [3.05, 3.63) is 35.9 Å². The van der Waals surface area contributed by atoms with E-state index < -0.39 is 41.2 Å². The van der Waals surface area contributed by atoms with E-state index in [4.69, 9.17) is 9.47 Å². The summed E-state index contributed by atoms with van der Waals surface area (Å²) in [5, 5.41) is 19.6. The number of nitrogens with zero attached hydrogens (tertiary/aromatic N) is 1. The third-order valence-electron chi connectivity index (χ3n) is 3.98. The highest BCUT2D eigenvalue weighted by Crippen LogP contribution is 2.34. The maximum Gasteiger partial charge on any atom is 0.392 e. The lowest BCUT2D eigenvalue weighted by Gasteiger charge is -2.20. The van der Waals surface area contributed by atoms with Gasteiger partial charge in [-0.15, -0.1) is 0 Å². The molecule has 31 heavy (non-hydrogen) atoms. The largest absolute Gasteiger partial charge is 0.477 e. The standard InChI is InChI=1S/C20H24F3NO6S/c1-19(2,26)12-30-18-16(13-4-6-15(7-5-13)31(3,27)28)10-14(11-25)17(24-18)29-9-8-20(21,22)23/h4-7,10,25-26H,8-9,11-12H2,1-3H3. The van der Waals surface area contributed by atoms with Gasteiger partial charge in [0, 0.05) is 17.4 Å². The van der Waals surface area contributed by atoms with Gasteiger partial charge in [-0.05, 0) is 37.6 Å². The minimum atomic E-state index is -4.42. The van der Waals surface area contributed by atoms with Gasteiger partial charge in [0.1, 0.15) is 6.61 Å². The maximum absolute atomic E-state index is 12.4. The SMILES string of the molecule is CC(C)(O)COc1nc(OCCC(F)(F)F)c(CO)cc1-c1ccc(S(C)(=O)=O)cc1. The lowest BCUT2D eigenvalue weighted by molar-refractivity contribution is -0.139. The molecule has 172 valence electrons. The van der Waals surface area contributed by atoms with Crippen LogP contribution in [-0.4, -0.2) is 54.9 Å². The first-order valence-corrected chi connectivity index (χ1v) is 11.1. The number of rotatable bonds is 9. The number of sulfone groups is 1. The minimum Gasteiger partial charge on any atom is -0.477 e. The van der Waals surface area contributed by atoms with Gasteiger partial charge in [-0.3, -0.25) is 0 Å². The second-order valence-corrected chi connectivity index (χ2v) is 9.59. The number of aliphatic hydroxyl groups excluding tert-OH is 1. The van der Waals surface area contributed by atoms with Crippen LogP contribution in [0.4, 0.5) is 13.2 Å². The molecule has 0 spiro atoms. The lowest BCUT2D eigenvalue weighted by atomic mass is 10.0. The molecule has 2 aromatic rings. The smallest absolute Gasteiger partial charge is 0.392 e. The van der Waals surface area contributed by atoms with E-state index in [0.717, 1.165) is 6.26 Å². The van der Waals surface area contributed by atoms with Crippen molar-refractivity contribution in [3.8, 4) is 22.9 Å². The van der Waals surface area contributed by atoms with Gasteiger partial charge in [0.05, 0.1) is 30.1 Å². The van der Waals surface area contributed by atoms with Crippen LogP contribution in [0, 0.1) is 0 Å². The van der Waals surface area contributed by atoms with Crippen molar-refractivity contribution in [3.63, 3.8) is 0 Å². The summed E-state index contributed by atoms with van der Waals surface area (Å²) in [4.78, 5) is 4.21. The Labute approximate surface area is 178 Å². The van der Waals surface area contributed by atoms with E-state index in [9.17, 15) is 31.8 Å². The summed E-state index contributed by atoms with van der Waals surface area (Å²) < 4.78 is 71.3. The van der Waals surface area contributed by atoms with Gasteiger partial charge in [-0.1, -0.05) is 12.1 Å². The monoisotopic (exact) mass is 463 g/mol. The zero-order valence-electron chi connectivity index (χ0n) is 17.2. The molecule has 7 nitrogen and oxygen atoms in total. The molecule has 0 aliphatic heterocycles. The van der Waals surface area contributed by atoms with Crippen molar-refractivity contribution < 1.29 is 41.3 Å². The second kappa shape index (κ2) is 9.41. The lowest BCUT2D eigenvalue weighted by Crippen LogP contribution is -2.28. The van der Waals surface area contributed by atoms with Crippen LogP contribution >= 0.6 is 0 Å². The molecule has 0 saturated carbocycles. The summed E-state index contributed by atoms with van der Waals surface area (Å²) in [7, 11) is -3.42. The first-order valence-electron chi connectivity index (χ1n) is 9.19. The van der Waals surface area contributed by atoms with Crippen molar-refractivity contribution in [1.82, 2.24) is 4.98 Å².